The number of nitrogens with two attached hydrogens (primary N) is 1. The van der Waals surface area contributed by atoms with Crippen LogP contribution in [0.3, 0.4) is 0 Å². The molecule has 0 spiro atoms. The number of benzene rings is 1. The van der Waals surface area contributed by atoms with Crippen molar-refractivity contribution in [2.45, 2.75) is 51.6 Å². The highest BCUT2D eigenvalue weighted by molar-refractivity contribution is 5.93. The van der Waals surface area contributed by atoms with E-state index in [2.05, 4.69) is 45.6 Å². The molecule has 0 radical (unpaired) electrons. The number of nitrogens with zero attached hydrogens (tertiary/aromatic N) is 4. The molecule has 4 rings (SSSR count). The molecule has 2 atom stereocenters. The Bertz CT molecular complexity index is 1070. The molecule has 1 amide bonds. The third-order valence-corrected chi connectivity index (χ3v) is 5.64. The first-order chi connectivity index (χ1) is 14.9. The van der Waals surface area contributed by atoms with Crippen molar-refractivity contribution in [2.24, 2.45) is 12.8 Å². The largest absolute Gasteiger partial charge is 0.346 e. The maximum Gasteiger partial charge on any atom is 0.269 e. The summed E-state index contributed by atoms with van der Waals surface area (Å²) in [6, 6.07) is 9.76. The number of aryl methyl sites for hydroxylation is 3. The zero-order valence-electron chi connectivity index (χ0n) is 18.2. The van der Waals surface area contributed by atoms with Crippen LogP contribution in [0.2, 0.25) is 0 Å². The fourth-order valence-electron chi connectivity index (χ4n) is 4.12. The Balaban J connectivity index is 1.52. The zero-order chi connectivity index (χ0) is 22.0. The van der Waals surface area contributed by atoms with Crippen LogP contribution in [-0.4, -0.2) is 37.7 Å². The number of carbonyl (C=O) groups is 1. The van der Waals surface area contributed by atoms with Crippen LogP contribution in [0.15, 0.2) is 36.5 Å². The average Bonchev–Trinajstić information content (AvgIpc) is 3.11. The molecule has 0 aliphatic heterocycles. The van der Waals surface area contributed by atoms with E-state index in [0.717, 1.165) is 42.5 Å². The van der Waals surface area contributed by atoms with Crippen molar-refractivity contribution >= 4 is 17.5 Å². The van der Waals surface area contributed by atoms with E-state index in [9.17, 15) is 4.79 Å². The van der Waals surface area contributed by atoms with Crippen molar-refractivity contribution in [3.8, 4) is 11.4 Å². The predicted molar refractivity (Wildman–Crippen MR) is 121 cm³/mol. The van der Waals surface area contributed by atoms with E-state index in [4.69, 9.17) is 5.73 Å². The summed E-state index contributed by atoms with van der Waals surface area (Å²) in [6.07, 6.45) is 5.75. The fourth-order valence-corrected chi connectivity index (χ4v) is 4.12. The third-order valence-electron chi connectivity index (χ3n) is 5.64. The van der Waals surface area contributed by atoms with E-state index in [1.807, 2.05) is 12.1 Å². The summed E-state index contributed by atoms with van der Waals surface area (Å²) in [5.41, 5.74) is 11.2. The molecule has 8 nitrogen and oxygen atoms in total. The molecule has 1 aromatic carbocycles. The Kier molecular flexibility index (Phi) is 5.99. The van der Waals surface area contributed by atoms with E-state index < -0.39 is 0 Å². The number of anilines is 2. The highest BCUT2D eigenvalue weighted by Crippen LogP contribution is 2.22. The van der Waals surface area contributed by atoms with Gasteiger partial charge in [-0.15, -0.1) is 0 Å². The van der Waals surface area contributed by atoms with Gasteiger partial charge in [0.2, 0.25) is 5.95 Å². The second-order valence-electron chi connectivity index (χ2n) is 8.33. The van der Waals surface area contributed by atoms with Gasteiger partial charge in [0.05, 0.1) is 5.69 Å². The topological polar surface area (TPSA) is 111 Å². The highest BCUT2D eigenvalue weighted by Gasteiger charge is 2.25. The first-order valence-corrected chi connectivity index (χ1v) is 10.7. The van der Waals surface area contributed by atoms with Crippen molar-refractivity contribution in [1.29, 1.82) is 0 Å². The molecule has 1 saturated carbocycles. The van der Waals surface area contributed by atoms with Gasteiger partial charge >= 0.3 is 0 Å². The Morgan fingerprint density at radius 3 is 2.58 bits per heavy atom. The second kappa shape index (κ2) is 8.85. The van der Waals surface area contributed by atoms with Crippen LogP contribution < -0.4 is 16.4 Å². The van der Waals surface area contributed by atoms with Crippen molar-refractivity contribution < 1.29 is 4.79 Å². The lowest BCUT2D eigenvalue weighted by molar-refractivity contribution is 0.0911. The average molecular weight is 420 g/mol. The quantitative estimate of drug-likeness (QED) is 0.585. The second-order valence-corrected chi connectivity index (χ2v) is 8.33. The van der Waals surface area contributed by atoms with Crippen LogP contribution in [0, 0.1) is 13.8 Å². The molecule has 0 unspecified atom stereocenters. The standard InChI is InChI=1S/C23H29N7O/c1-14-10-15(2)12-16(11-14)26-23-25-9-8-19(28-23)20-13-21(30(3)29-20)22(31)27-18-7-5-4-6-17(18)24/h8-13,17-18H,4-7,24H2,1-3H3,(H,27,31)(H,25,26,28)/t17-,18+/m0/s1. The Morgan fingerprint density at radius 1 is 1.10 bits per heavy atom. The lowest BCUT2D eigenvalue weighted by Crippen LogP contribution is -2.49. The molecule has 4 N–H and O–H groups in total. The van der Waals surface area contributed by atoms with Crippen LogP contribution >= 0.6 is 0 Å². The van der Waals surface area contributed by atoms with Gasteiger partial charge in [0.1, 0.15) is 11.4 Å². The van der Waals surface area contributed by atoms with Gasteiger partial charge in [0.15, 0.2) is 0 Å². The summed E-state index contributed by atoms with van der Waals surface area (Å²) in [5, 5.41) is 10.8. The molecule has 2 aromatic heterocycles. The van der Waals surface area contributed by atoms with Gasteiger partial charge in [-0.3, -0.25) is 9.48 Å². The summed E-state index contributed by atoms with van der Waals surface area (Å²) in [4.78, 5) is 21.7. The summed E-state index contributed by atoms with van der Waals surface area (Å²) < 4.78 is 1.58. The number of nitrogens with one attached hydrogen (secondary N) is 2. The number of aromatic nitrogens is 4. The maximum atomic E-state index is 12.8. The molecule has 31 heavy (non-hydrogen) atoms. The van der Waals surface area contributed by atoms with E-state index in [1.165, 1.54) is 0 Å². The minimum absolute atomic E-state index is 0.00570. The van der Waals surface area contributed by atoms with Crippen molar-refractivity contribution in [3.05, 3.63) is 53.3 Å². The molecule has 1 aliphatic rings. The zero-order valence-corrected chi connectivity index (χ0v) is 18.2. The van der Waals surface area contributed by atoms with E-state index in [-0.39, 0.29) is 18.0 Å². The minimum atomic E-state index is -0.161. The number of amides is 1. The lowest BCUT2D eigenvalue weighted by atomic mass is 9.91. The molecular weight excluding hydrogens is 390 g/mol. The summed E-state index contributed by atoms with van der Waals surface area (Å²) in [5.74, 6) is 0.318. The van der Waals surface area contributed by atoms with Crippen LogP contribution in [0.1, 0.15) is 47.3 Å². The van der Waals surface area contributed by atoms with Crippen LogP contribution in [-0.2, 0) is 7.05 Å². The van der Waals surface area contributed by atoms with Crippen molar-refractivity contribution in [2.75, 3.05) is 5.32 Å². The Labute approximate surface area is 182 Å². The normalized spacial score (nSPS) is 18.6. The van der Waals surface area contributed by atoms with Gasteiger partial charge in [-0.1, -0.05) is 18.9 Å². The number of rotatable bonds is 5. The van der Waals surface area contributed by atoms with Gasteiger partial charge < -0.3 is 16.4 Å². The van der Waals surface area contributed by atoms with Gasteiger partial charge in [0.25, 0.3) is 5.91 Å². The van der Waals surface area contributed by atoms with E-state index in [1.54, 1.807) is 30.1 Å². The number of hydrogen-bond donors (Lipinski definition) is 3. The fraction of sp³-hybridized carbons (Fsp3) is 0.391. The monoisotopic (exact) mass is 419 g/mol. The molecule has 1 fully saturated rings. The molecular formula is C23H29N7O. The molecule has 3 aromatic rings. The number of carbonyl (C=O) groups excluding carboxylic acids is 1. The first-order valence-electron chi connectivity index (χ1n) is 10.7. The first kappa shape index (κ1) is 21.0. The van der Waals surface area contributed by atoms with Crippen molar-refractivity contribution in [3.63, 3.8) is 0 Å². The lowest BCUT2D eigenvalue weighted by Gasteiger charge is -2.29. The molecule has 1 aliphatic carbocycles. The van der Waals surface area contributed by atoms with Crippen LogP contribution in [0.25, 0.3) is 11.4 Å². The summed E-state index contributed by atoms with van der Waals surface area (Å²) in [7, 11) is 1.76. The predicted octanol–water partition coefficient (Wildman–Crippen LogP) is 3.24. The Morgan fingerprint density at radius 2 is 1.84 bits per heavy atom. The van der Waals surface area contributed by atoms with Crippen LogP contribution in [0.4, 0.5) is 11.6 Å². The molecule has 0 bridgehead atoms. The summed E-state index contributed by atoms with van der Waals surface area (Å²) in [6.45, 7) is 4.10. The summed E-state index contributed by atoms with van der Waals surface area (Å²) >= 11 is 0. The third kappa shape index (κ3) is 4.91. The molecule has 0 saturated heterocycles. The van der Waals surface area contributed by atoms with Gasteiger partial charge in [0, 0.05) is 31.0 Å². The van der Waals surface area contributed by atoms with E-state index >= 15 is 0 Å². The van der Waals surface area contributed by atoms with Gasteiger partial charge in [-0.25, -0.2) is 9.97 Å². The number of hydrogen-bond acceptors (Lipinski definition) is 6. The molecule has 162 valence electrons. The minimum Gasteiger partial charge on any atom is -0.346 e. The molecule has 8 heteroatoms. The SMILES string of the molecule is Cc1cc(C)cc(Nc2nccc(-c3cc(C(=O)N[C@@H]4CCCC[C@@H]4N)n(C)n3)n2)c1. The highest BCUT2D eigenvalue weighted by atomic mass is 16.2. The van der Waals surface area contributed by atoms with Crippen molar-refractivity contribution in [1.82, 2.24) is 25.1 Å². The van der Waals surface area contributed by atoms with E-state index in [0.29, 0.717) is 23.0 Å². The smallest absolute Gasteiger partial charge is 0.269 e. The van der Waals surface area contributed by atoms with Gasteiger partial charge in [-0.05, 0) is 62.1 Å². The van der Waals surface area contributed by atoms with Gasteiger partial charge in [-0.2, -0.15) is 5.10 Å². The Hall–Kier alpha value is -3.26. The molecule has 2 heterocycles. The maximum absolute atomic E-state index is 12.8. The van der Waals surface area contributed by atoms with Crippen LogP contribution in [0.5, 0.6) is 0 Å².